The molecule has 9 heteroatoms. The summed E-state index contributed by atoms with van der Waals surface area (Å²) in [6.07, 6.45) is 5.02. The van der Waals surface area contributed by atoms with Gasteiger partial charge in [-0.05, 0) is 48.6 Å². The molecule has 0 aliphatic carbocycles. The Morgan fingerprint density at radius 1 is 1.32 bits per heavy atom. The Hall–Kier alpha value is -2.26. The number of thiocarbonyl (C=S) groups is 1. The number of nitrogens with zero attached hydrogens (tertiary/aromatic N) is 4. The molecule has 0 bridgehead atoms. The van der Waals surface area contributed by atoms with E-state index in [0.717, 1.165) is 29.8 Å². The minimum Gasteiger partial charge on any atom is -0.374 e. The second kappa shape index (κ2) is 9.48. The topological polar surface area (TPSA) is 45.5 Å². The minimum absolute atomic E-state index is 0.205. The van der Waals surface area contributed by atoms with Gasteiger partial charge in [0.1, 0.15) is 28.5 Å². The monoisotopic (exact) mass is 461 g/mol. The summed E-state index contributed by atoms with van der Waals surface area (Å²) in [5.41, 5.74) is 2.16. The van der Waals surface area contributed by atoms with Crippen LogP contribution in [0, 0.1) is 5.82 Å². The van der Waals surface area contributed by atoms with Gasteiger partial charge in [-0.15, -0.1) is 16.9 Å². The van der Waals surface area contributed by atoms with E-state index in [9.17, 15) is 8.78 Å². The summed E-state index contributed by atoms with van der Waals surface area (Å²) in [4.78, 5) is 7.83. The molecule has 0 saturated carbocycles. The molecule has 0 radical (unpaired) electrons. The smallest absolute Gasteiger partial charge is 0.154 e. The molecule has 5 nitrogen and oxygen atoms in total. The van der Waals surface area contributed by atoms with Crippen molar-refractivity contribution in [3.8, 4) is 0 Å². The van der Waals surface area contributed by atoms with Crippen LogP contribution in [-0.2, 0) is 0 Å². The summed E-state index contributed by atoms with van der Waals surface area (Å²) in [6, 6.07) is 8.10. The predicted octanol–water partition coefficient (Wildman–Crippen LogP) is 4.95. The van der Waals surface area contributed by atoms with Crippen LogP contribution in [-0.4, -0.2) is 45.1 Å². The van der Waals surface area contributed by atoms with Crippen LogP contribution in [0.15, 0.2) is 41.4 Å². The standard InChI is InChI=1S/C22H25F2N5S2/c1-3-4-9-25-22(30)18-12-26-20-7-8-21(27-29(18)20)28-13-15(24)11-17(28)16-10-14(23)5-6-19(16)31-2/h5-8,10,12,15,17H,3-4,9,11,13H2,1-2H3,(H,25,30)/t15-,17+/m0/s1. The molecule has 1 saturated heterocycles. The van der Waals surface area contributed by atoms with E-state index >= 15 is 0 Å². The third kappa shape index (κ3) is 4.52. The number of unbranched alkanes of at least 4 members (excludes halogenated alkanes) is 1. The van der Waals surface area contributed by atoms with Crippen molar-refractivity contribution in [1.82, 2.24) is 19.9 Å². The van der Waals surface area contributed by atoms with Crippen molar-refractivity contribution in [3.05, 3.63) is 53.6 Å². The van der Waals surface area contributed by atoms with Crippen molar-refractivity contribution in [2.24, 2.45) is 0 Å². The number of benzene rings is 1. The molecular weight excluding hydrogens is 436 g/mol. The number of fused-ring (bicyclic) bond motifs is 1. The zero-order valence-electron chi connectivity index (χ0n) is 17.5. The van der Waals surface area contributed by atoms with Crippen LogP contribution in [0.25, 0.3) is 5.65 Å². The van der Waals surface area contributed by atoms with Crippen molar-refractivity contribution in [3.63, 3.8) is 0 Å². The van der Waals surface area contributed by atoms with Crippen LogP contribution in [0.1, 0.15) is 43.5 Å². The number of rotatable bonds is 7. The van der Waals surface area contributed by atoms with Crippen LogP contribution in [0.3, 0.4) is 0 Å². The van der Waals surface area contributed by atoms with E-state index in [1.807, 2.05) is 23.3 Å². The van der Waals surface area contributed by atoms with Gasteiger partial charge in [-0.1, -0.05) is 25.6 Å². The van der Waals surface area contributed by atoms with Gasteiger partial charge in [0.15, 0.2) is 5.65 Å². The number of alkyl halides is 1. The number of hydrogen-bond acceptors (Lipinski definition) is 5. The molecule has 0 spiro atoms. The van der Waals surface area contributed by atoms with Crippen molar-refractivity contribution in [1.29, 1.82) is 0 Å². The summed E-state index contributed by atoms with van der Waals surface area (Å²) < 4.78 is 30.3. The highest BCUT2D eigenvalue weighted by Gasteiger charge is 2.36. The van der Waals surface area contributed by atoms with Gasteiger partial charge >= 0.3 is 0 Å². The Bertz CT molecular complexity index is 1090. The molecule has 1 N–H and O–H groups in total. The summed E-state index contributed by atoms with van der Waals surface area (Å²) >= 11 is 7.06. The normalized spacial score (nSPS) is 18.6. The van der Waals surface area contributed by atoms with Gasteiger partial charge < -0.3 is 10.2 Å². The Labute approximate surface area is 190 Å². The number of imidazole rings is 1. The molecule has 1 fully saturated rings. The molecule has 0 unspecified atom stereocenters. The third-order valence-electron chi connectivity index (χ3n) is 5.49. The molecule has 0 amide bonds. The van der Waals surface area contributed by atoms with Crippen LogP contribution in [0.4, 0.5) is 14.6 Å². The molecule has 3 heterocycles. The second-order valence-corrected chi connectivity index (χ2v) is 8.86. The SMILES string of the molecule is CCCCNC(=S)c1cnc2ccc(N3C[C@@H](F)C[C@@H]3c3cc(F)ccc3SC)nn12. The molecule has 2 aromatic heterocycles. The Morgan fingerprint density at radius 3 is 2.94 bits per heavy atom. The van der Waals surface area contributed by atoms with Crippen LogP contribution in [0.5, 0.6) is 0 Å². The van der Waals surface area contributed by atoms with Crippen molar-refractivity contribution >= 4 is 40.4 Å². The lowest BCUT2D eigenvalue weighted by Gasteiger charge is -2.27. The van der Waals surface area contributed by atoms with E-state index < -0.39 is 6.17 Å². The highest BCUT2D eigenvalue weighted by molar-refractivity contribution is 7.98. The van der Waals surface area contributed by atoms with Crippen molar-refractivity contribution in [2.45, 2.75) is 43.3 Å². The van der Waals surface area contributed by atoms with E-state index in [1.165, 1.54) is 23.9 Å². The average molecular weight is 462 g/mol. The highest BCUT2D eigenvalue weighted by Crippen LogP contribution is 2.40. The maximum absolute atomic E-state index is 14.5. The minimum atomic E-state index is -1.01. The number of hydrogen-bond donors (Lipinski definition) is 1. The number of thioether (sulfide) groups is 1. The Morgan fingerprint density at radius 2 is 2.16 bits per heavy atom. The maximum Gasteiger partial charge on any atom is 0.154 e. The van der Waals surface area contributed by atoms with Gasteiger partial charge in [0, 0.05) is 17.9 Å². The van der Waals surface area contributed by atoms with Gasteiger partial charge in [-0.2, -0.15) is 0 Å². The van der Waals surface area contributed by atoms with E-state index in [-0.39, 0.29) is 18.4 Å². The molecule has 164 valence electrons. The fourth-order valence-electron chi connectivity index (χ4n) is 3.94. The predicted molar refractivity (Wildman–Crippen MR) is 125 cm³/mol. The zero-order chi connectivity index (χ0) is 22.0. The van der Waals surface area contributed by atoms with Gasteiger partial charge in [0.25, 0.3) is 0 Å². The first kappa shape index (κ1) is 22.0. The lowest BCUT2D eigenvalue weighted by molar-refractivity contribution is 0.356. The number of anilines is 1. The number of halogens is 2. The quantitative estimate of drug-likeness (QED) is 0.305. The summed E-state index contributed by atoms with van der Waals surface area (Å²) in [6.45, 7) is 3.12. The molecule has 4 rings (SSSR count). The first-order valence-corrected chi connectivity index (χ1v) is 12.0. The van der Waals surface area contributed by atoms with Gasteiger partial charge in [0.2, 0.25) is 0 Å². The Kier molecular flexibility index (Phi) is 6.71. The molecule has 31 heavy (non-hydrogen) atoms. The van der Waals surface area contributed by atoms with Gasteiger partial charge in [-0.3, -0.25) is 0 Å². The van der Waals surface area contributed by atoms with Gasteiger partial charge in [0.05, 0.1) is 18.8 Å². The Balaban J connectivity index is 1.69. The van der Waals surface area contributed by atoms with Crippen molar-refractivity contribution < 1.29 is 8.78 Å². The summed E-state index contributed by atoms with van der Waals surface area (Å²) in [7, 11) is 0. The molecule has 3 aromatic rings. The zero-order valence-corrected chi connectivity index (χ0v) is 19.1. The second-order valence-electron chi connectivity index (χ2n) is 7.60. The molecule has 2 atom stereocenters. The van der Waals surface area contributed by atoms with Gasteiger partial charge in [-0.25, -0.2) is 18.3 Å². The molecule has 1 aliphatic heterocycles. The number of aromatic nitrogens is 3. The first-order chi connectivity index (χ1) is 15.0. The average Bonchev–Trinajstić information content (AvgIpc) is 3.36. The molecular formula is C22H25F2N5S2. The van der Waals surface area contributed by atoms with Crippen molar-refractivity contribution in [2.75, 3.05) is 24.2 Å². The van der Waals surface area contributed by atoms with Crippen LogP contribution in [0.2, 0.25) is 0 Å². The van der Waals surface area contributed by atoms with E-state index in [4.69, 9.17) is 17.3 Å². The fraction of sp³-hybridized carbons (Fsp3) is 0.409. The van der Waals surface area contributed by atoms with E-state index in [2.05, 4.69) is 17.2 Å². The lowest BCUT2D eigenvalue weighted by atomic mass is 10.0. The van der Waals surface area contributed by atoms with Crippen LogP contribution >= 0.6 is 24.0 Å². The lowest BCUT2D eigenvalue weighted by Crippen LogP contribution is -2.27. The fourth-order valence-corrected chi connectivity index (χ4v) is 4.82. The first-order valence-electron chi connectivity index (χ1n) is 10.4. The highest BCUT2D eigenvalue weighted by atomic mass is 32.2. The summed E-state index contributed by atoms with van der Waals surface area (Å²) in [5.74, 6) is 0.295. The van der Waals surface area contributed by atoms with E-state index in [0.29, 0.717) is 28.6 Å². The molecule has 1 aromatic carbocycles. The van der Waals surface area contributed by atoms with E-state index in [1.54, 1.807) is 16.8 Å². The largest absolute Gasteiger partial charge is 0.374 e. The molecule has 1 aliphatic rings. The maximum atomic E-state index is 14.5. The van der Waals surface area contributed by atoms with Crippen LogP contribution < -0.4 is 10.2 Å². The number of nitrogens with one attached hydrogen (secondary N) is 1. The third-order valence-corrected chi connectivity index (χ3v) is 6.66. The summed E-state index contributed by atoms with van der Waals surface area (Å²) in [5, 5.41) is 7.98.